The Morgan fingerprint density at radius 1 is 1.17 bits per heavy atom. The highest BCUT2D eigenvalue weighted by molar-refractivity contribution is 7.89. The lowest BCUT2D eigenvalue weighted by molar-refractivity contribution is 0.0299. The number of aromatic amines is 1. The van der Waals surface area contributed by atoms with E-state index in [1.165, 1.54) is 16.4 Å². The zero-order valence-corrected chi connectivity index (χ0v) is 16.7. The average molecular weight is 422 g/mol. The highest BCUT2D eigenvalue weighted by atomic mass is 32.2. The maximum atomic E-state index is 13.1. The highest BCUT2D eigenvalue weighted by Crippen LogP contribution is 2.30. The number of hydrogen-bond acceptors (Lipinski definition) is 5. The van der Waals surface area contributed by atoms with Gasteiger partial charge in [-0.2, -0.15) is 9.40 Å². The number of carbonyl (C=O) groups is 1. The van der Waals surface area contributed by atoms with Gasteiger partial charge in [0.25, 0.3) is 5.91 Å². The number of amides is 1. The highest BCUT2D eigenvalue weighted by Gasteiger charge is 2.32. The van der Waals surface area contributed by atoms with Gasteiger partial charge in [0, 0.05) is 37.8 Å². The number of benzene rings is 1. The number of sulfonamides is 1. The van der Waals surface area contributed by atoms with Crippen molar-refractivity contribution in [3.8, 4) is 0 Å². The summed E-state index contributed by atoms with van der Waals surface area (Å²) >= 11 is 0. The van der Waals surface area contributed by atoms with Gasteiger partial charge >= 0.3 is 0 Å². The second kappa shape index (κ2) is 8.21. The Balaban J connectivity index is 1.48. The van der Waals surface area contributed by atoms with E-state index in [9.17, 15) is 17.6 Å². The normalized spacial score (nSPS) is 21.3. The fourth-order valence-corrected chi connectivity index (χ4v) is 5.28. The van der Waals surface area contributed by atoms with Crippen molar-refractivity contribution in [3.63, 3.8) is 0 Å². The Hall–Kier alpha value is -2.30. The molecular weight excluding hydrogens is 399 g/mol. The third-order valence-corrected chi connectivity index (χ3v) is 7.27. The standard InChI is InChI=1S/C19H23FN4O4S/c20-15-3-5-16(6-4-15)29(26,27)24-7-1-2-14(13-24)17-12-18(22-21-17)19(25)23-8-10-28-11-9-23/h3-6,12,14H,1-2,7-11,13H2,(H,21,22)/t14-/m1/s1. The van der Waals surface area contributed by atoms with Crippen molar-refractivity contribution >= 4 is 15.9 Å². The number of nitrogens with one attached hydrogen (secondary N) is 1. The van der Waals surface area contributed by atoms with Gasteiger partial charge < -0.3 is 9.64 Å². The third kappa shape index (κ3) is 4.19. The molecule has 8 nitrogen and oxygen atoms in total. The Bertz CT molecular complexity index is 970. The van der Waals surface area contributed by atoms with Crippen LogP contribution in [-0.2, 0) is 14.8 Å². The van der Waals surface area contributed by atoms with Gasteiger partial charge in [0.15, 0.2) is 0 Å². The molecule has 0 bridgehead atoms. The van der Waals surface area contributed by atoms with Crippen molar-refractivity contribution in [2.24, 2.45) is 0 Å². The van der Waals surface area contributed by atoms with Crippen LogP contribution in [0.5, 0.6) is 0 Å². The minimum absolute atomic E-state index is 0.0762. The molecule has 10 heteroatoms. The molecule has 0 radical (unpaired) electrons. The van der Waals surface area contributed by atoms with Crippen LogP contribution in [0.25, 0.3) is 0 Å². The van der Waals surface area contributed by atoms with Crippen molar-refractivity contribution < 1.29 is 22.3 Å². The molecule has 0 saturated carbocycles. The second-order valence-electron chi connectivity index (χ2n) is 7.27. The number of halogens is 1. The molecule has 0 spiro atoms. The number of carbonyl (C=O) groups excluding carboxylic acids is 1. The van der Waals surface area contributed by atoms with Crippen molar-refractivity contribution in [2.45, 2.75) is 23.7 Å². The van der Waals surface area contributed by atoms with Crippen LogP contribution in [0.4, 0.5) is 4.39 Å². The summed E-state index contributed by atoms with van der Waals surface area (Å²) in [7, 11) is -3.70. The molecule has 1 N–H and O–H groups in total. The van der Waals surface area contributed by atoms with Gasteiger partial charge in [0.1, 0.15) is 11.5 Å². The molecular formula is C19H23FN4O4S. The number of ether oxygens (including phenoxy) is 1. The summed E-state index contributed by atoms with van der Waals surface area (Å²) in [6.45, 7) is 2.79. The monoisotopic (exact) mass is 422 g/mol. The Morgan fingerprint density at radius 3 is 2.62 bits per heavy atom. The predicted molar refractivity (Wildman–Crippen MR) is 102 cm³/mol. The van der Waals surface area contributed by atoms with Gasteiger partial charge in [-0.3, -0.25) is 9.89 Å². The Morgan fingerprint density at radius 2 is 1.90 bits per heavy atom. The fourth-order valence-electron chi connectivity index (χ4n) is 3.75. The Kier molecular flexibility index (Phi) is 5.66. The number of nitrogens with zero attached hydrogens (tertiary/aromatic N) is 3. The summed E-state index contributed by atoms with van der Waals surface area (Å²) in [6.07, 6.45) is 1.49. The fraction of sp³-hybridized carbons (Fsp3) is 0.474. The number of piperidine rings is 1. The average Bonchev–Trinajstić information content (AvgIpc) is 3.24. The molecule has 2 aromatic rings. The molecule has 1 amide bonds. The molecule has 2 saturated heterocycles. The summed E-state index contributed by atoms with van der Waals surface area (Å²) < 4.78 is 45.6. The lowest BCUT2D eigenvalue weighted by Crippen LogP contribution is -2.40. The van der Waals surface area contributed by atoms with E-state index in [1.807, 2.05) is 0 Å². The molecule has 1 atom stereocenters. The van der Waals surface area contributed by atoms with Gasteiger partial charge in [-0.1, -0.05) is 0 Å². The number of morpholine rings is 1. The van der Waals surface area contributed by atoms with E-state index in [0.29, 0.717) is 45.0 Å². The van der Waals surface area contributed by atoms with Gasteiger partial charge in [0.05, 0.1) is 18.1 Å². The van der Waals surface area contributed by atoms with Crippen molar-refractivity contribution in [1.82, 2.24) is 19.4 Å². The van der Waals surface area contributed by atoms with Crippen LogP contribution in [0, 0.1) is 5.82 Å². The van der Waals surface area contributed by atoms with Crippen LogP contribution in [0.3, 0.4) is 0 Å². The van der Waals surface area contributed by atoms with E-state index >= 15 is 0 Å². The van der Waals surface area contributed by atoms with E-state index < -0.39 is 15.8 Å². The van der Waals surface area contributed by atoms with Crippen LogP contribution in [-0.4, -0.2) is 73.1 Å². The summed E-state index contributed by atoms with van der Waals surface area (Å²) in [5.41, 5.74) is 1.08. The SMILES string of the molecule is O=C(c1cc([C@@H]2CCCN(S(=O)(=O)c3ccc(F)cc3)C2)[nH]n1)N1CCOCC1. The van der Waals surface area contributed by atoms with Gasteiger partial charge in [-0.05, 0) is 43.2 Å². The molecule has 1 aromatic carbocycles. The van der Waals surface area contributed by atoms with Crippen LogP contribution in [0.15, 0.2) is 35.2 Å². The van der Waals surface area contributed by atoms with Gasteiger partial charge in [-0.25, -0.2) is 12.8 Å². The lowest BCUT2D eigenvalue weighted by Gasteiger charge is -2.31. The minimum Gasteiger partial charge on any atom is -0.378 e. The van der Waals surface area contributed by atoms with E-state index in [4.69, 9.17) is 4.74 Å². The molecule has 2 aliphatic heterocycles. The zero-order chi connectivity index (χ0) is 20.4. The van der Waals surface area contributed by atoms with Crippen molar-refractivity contribution in [3.05, 3.63) is 47.5 Å². The summed E-state index contributed by atoms with van der Waals surface area (Å²) in [5.74, 6) is -0.712. The van der Waals surface area contributed by atoms with Crippen LogP contribution < -0.4 is 0 Å². The summed E-state index contributed by atoms with van der Waals surface area (Å²) in [6, 6.07) is 6.57. The van der Waals surface area contributed by atoms with Crippen molar-refractivity contribution in [1.29, 1.82) is 0 Å². The first kappa shape index (κ1) is 20.0. The minimum atomic E-state index is -3.70. The lowest BCUT2D eigenvalue weighted by atomic mass is 9.96. The number of rotatable bonds is 4. The molecule has 3 heterocycles. The van der Waals surface area contributed by atoms with Crippen molar-refractivity contribution in [2.75, 3.05) is 39.4 Å². The van der Waals surface area contributed by atoms with E-state index in [0.717, 1.165) is 24.2 Å². The summed E-state index contributed by atoms with van der Waals surface area (Å²) in [5, 5.41) is 7.07. The quantitative estimate of drug-likeness (QED) is 0.807. The third-order valence-electron chi connectivity index (χ3n) is 5.39. The van der Waals surface area contributed by atoms with E-state index in [1.54, 1.807) is 11.0 Å². The molecule has 2 aliphatic rings. The molecule has 29 heavy (non-hydrogen) atoms. The largest absolute Gasteiger partial charge is 0.378 e. The topological polar surface area (TPSA) is 95.6 Å². The van der Waals surface area contributed by atoms with Crippen LogP contribution in [0.2, 0.25) is 0 Å². The first-order valence-electron chi connectivity index (χ1n) is 9.63. The van der Waals surface area contributed by atoms with E-state index in [-0.39, 0.29) is 23.3 Å². The molecule has 0 aliphatic carbocycles. The predicted octanol–water partition coefficient (Wildman–Crippen LogP) is 1.59. The molecule has 0 unspecified atom stereocenters. The molecule has 2 fully saturated rings. The second-order valence-corrected chi connectivity index (χ2v) is 9.21. The zero-order valence-electron chi connectivity index (χ0n) is 15.9. The number of H-pyrrole nitrogens is 1. The van der Waals surface area contributed by atoms with Gasteiger partial charge in [-0.15, -0.1) is 0 Å². The Labute approximate surface area is 168 Å². The molecule has 4 rings (SSSR count). The molecule has 156 valence electrons. The number of hydrogen-bond donors (Lipinski definition) is 1. The maximum absolute atomic E-state index is 13.1. The smallest absolute Gasteiger partial charge is 0.274 e. The molecule has 1 aromatic heterocycles. The first-order valence-corrected chi connectivity index (χ1v) is 11.1. The van der Waals surface area contributed by atoms with E-state index in [2.05, 4.69) is 10.2 Å². The van der Waals surface area contributed by atoms with Gasteiger partial charge in [0.2, 0.25) is 10.0 Å². The first-order chi connectivity index (χ1) is 13.9. The van der Waals surface area contributed by atoms with Crippen LogP contribution >= 0.6 is 0 Å². The summed E-state index contributed by atoms with van der Waals surface area (Å²) in [4.78, 5) is 14.4. The number of aromatic nitrogens is 2. The van der Waals surface area contributed by atoms with Crippen LogP contribution in [0.1, 0.15) is 34.9 Å². The maximum Gasteiger partial charge on any atom is 0.274 e.